The molecule has 1 unspecified atom stereocenters. The molecule has 1 aromatic carbocycles. The lowest BCUT2D eigenvalue weighted by atomic mass is 10.1. The molecule has 0 saturated carbocycles. The Hall–Kier alpha value is -3.83. The maximum Gasteiger partial charge on any atom is 0.258 e. The molecule has 1 fully saturated rings. The van der Waals surface area contributed by atoms with Crippen LogP contribution in [0.2, 0.25) is 0 Å². The quantitative estimate of drug-likeness (QED) is 0.459. The van der Waals surface area contributed by atoms with Gasteiger partial charge in [-0.15, -0.1) is 5.10 Å². The average Bonchev–Trinajstić information content (AvgIpc) is 3.39. The van der Waals surface area contributed by atoms with E-state index in [4.69, 9.17) is 4.74 Å². The molecule has 1 aliphatic heterocycles. The molecule has 1 amide bonds. The second-order valence-electron chi connectivity index (χ2n) is 8.00. The van der Waals surface area contributed by atoms with Crippen molar-refractivity contribution in [3.05, 3.63) is 24.4 Å². The predicted molar refractivity (Wildman–Crippen MR) is 117 cm³/mol. The van der Waals surface area contributed by atoms with Crippen molar-refractivity contribution in [3.8, 4) is 17.0 Å². The van der Waals surface area contributed by atoms with E-state index >= 15 is 0 Å². The molecule has 33 heavy (non-hydrogen) atoms. The summed E-state index contributed by atoms with van der Waals surface area (Å²) in [5, 5.41) is 11.7. The molecule has 4 aromatic rings. The number of fused-ring (bicyclic) bond motifs is 2. The molecule has 172 valence electrons. The van der Waals surface area contributed by atoms with E-state index in [1.54, 1.807) is 30.3 Å². The predicted octanol–water partition coefficient (Wildman–Crippen LogP) is 2.68. The third-order valence-electron chi connectivity index (χ3n) is 5.79. The maximum atomic E-state index is 12.9. The van der Waals surface area contributed by atoms with Gasteiger partial charge in [0.2, 0.25) is 17.7 Å². The van der Waals surface area contributed by atoms with Gasteiger partial charge in [-0.25, -0.2) is 13.5 Å². The van der Waals surface area contributed by atoms with Crippen molar-refractivity contribution >= 4 is 33.9 Å². The van der Waals surface area contributed by atoms with E-state index in [1.165, 1.54) is 11.8 Å². The zero-order chi connectivity index (χ0) is 23.1. The number of H-pyrrole nitrogens is 1. The van der Waals surface area contributed by atoms with E-state index in [0.717, 1.165) is 11.1 Å². The number of ether oxygens (including phenoxy) is 1. The van der Waals surface area contributed by atoms with Crippen molar-refractivity contribution in [2.24, 2.45) is 0 Å². The Morgan fingerprint density at radius 2 is 2.18 bits per heavy atom. The molecule has 12 heteroatoms. The Kier molecular flexibility index (Phi) is 5.27. The van der Waals surface area contributed by atoms with Crippen LogP contribution >= 0.6 is 0 Å². The number of aromatic amines is 1. The molecule has 0 radical (unpaired) electrons. The summed E-state index contributed by atoms with van der Waals surface area (Å²) in [6.07, 6.45) is 0.414. The molecule has 5 rings (SSSR count). The van der Waals surface area contributed by atoms with Crippen LogP contribution in [0.1, 0.15) is 12.8 Å². The number of hydrogen-bond donors (Lipinski definition) is 2. The van der Waals surface area contributed by atoms with Crippen LogP contribution in [0, 0.1) is 0 Å². The fraction of sp³-hybridized carbons (Fsp3) is 0.381. The molecule has 1 aliphatic rings. The largest absolute Gasteiger partial charge is 0.480 e. The summed E-state index contributed by atoms with van der Waals surface area (Å²) in [6.45, 7) is 0.0378. The van der Waals surface area contributed by atoms with Gasteiger partial charge in [0.15, 0.2) is 0 Å². The van der Waals surface area contributed by atoms with Gasteiger partial charge in [0.1, 0.15) is 17.7 Å². The minimum atomic E-state index is -2.53. The van der Waals surface area contributed by atoms with Gasteiger partial charge in [-0.1, -0.05) is 11.3 Å². The lowest BCUT2D eigenvalue weighted by molar-refractivity contribution is -0.132. The summed E-state index contributed by atoms with van der Waals surface area (Å²) >= 11 is 0. The zero-order valence-corrected chi connectivity index (χ0v) is 18.0. The number of piperidine rings is 1. The fourth-order valence-corrected chi connectivity index (χ4v) is 4.15. The van der Waals surface area contributed by atoms with Gasteiger partial charge in [0, 0.05) is 37.8 Å². The van der Waals surface area contributed by atoms with Gasteiger partial charge >= 0.3 is 0 Å². The minimum Gasteiger partial charge on any atom is -0.480 e. The van der Waals surface area contributed by atoms with Crippen LogP contribution < -0.4 is 10.1 Å². The number of rotatable bonds is 6. The van der Waals surface area contributed by atoms with Crippen LogP contribution in [-0.4, -0.2) is 73.9 Å². The van der Waals surface area contributed by atoms with Crippen LogP contribution in [0.5, 0.6) is 5.88 Å². The first-order chi connectivity index (χ1) is 15.9. The van der Waals surface area contributed by atoms with Crippen molar-refractivity contribution < 1.29 is 18.3 Å². The monoisotopic (exact) mass is 456 g/mol. The first-order valence-electron chi connectivity index (χ1n) is 10.5. The highest BCUT2D eigenvalue weighted by atomic mass is 19.3. The van der Waals surface area contributed by atoms with E-state index < -0.39 is 13.0 Å². The number of anilines is 1. The van der Waals surface area contributed by atoms with E-state index in [0.29, 0.717) is 53.3 Å². The number of methoxy groups -OCH3 is 1. The number of likely N-dealkylation sites (tertiary alicyclic amines) is 1. The topological polar surface area (TPSA) is 114 Å². The number of hydrogen-bond acceptors (Lipinski definition) is 7. The Bertz CT molecular complexity index is 1330. The van der Waals surface area contributed by atoms with E-state index in [9.17, 15) is 13.6 Å². The van der Waals surface area contributed by atoms with Gasteiger partial charge < -0.3 is 19.9 Å². The summed E-state index contributed by atoms with van der Waals surface area (Å²) in [7, 11) is 3.30. The molecule has 0 aliphatic carbocycles. The number of carbonyl (C=O) groups is 1. The van der Waals surface area contributed by atoms with Crippen LogP contribution in [0.15, 0.2) is 24.4 Å². The van der Waals surface area contributed by atoms with Gasteiger partial charge in [0.25, 0.3) is 6.43 Å². The lowest BCUT2D eigenvalue weighted by Crippen LogP contribution is -2.43. The van der Waals surface area contributed by atoms with Crippen LogP contribution in [-0.2, 0) is 11.3 Å². The van der Waals surface area contributed by atoms with Crippen molar-refractivity contribution in [1.82, 2.24) is 34.8 Å². The molecule has 2 N–H and O–H groups in total. The van der Waals surface area contributed by atoms with Crippen LogP contribution in [0.4, 0.5) is 14.7 Å². The lowest BCUT2D eigenvalue weighted by Gasteiger charge is -2.30. The Morgan fingerprint density at radius 1 is 1.33 bits per heavy atom. The number of benzene rings is 1. The first kappa shape index (κ1) is 21.0. The number of nitrogens with zero attached hydrogens (tertiary/aromatic N) is 6. The summed E-state index contributed by atoms with van der Waals surface area (Å²) in [5.74, 6) is 0.895. The van der Waals surface area contributed by atoms with E-state index in [2.05, 4.69) is 30.6 Å². The number of nitrogens with one attached hydrogen (secondary N) is 2. The molecule has 0 bridgehead atoms. The van der Waals surface area contributed by atoms with Gasteiger partial charge in [0.05, 0.1) is 18.0 Å². The molecule has 10 nitrogen and oxygen atoms in total. The van der Waals surface area contributed by atoms with Gasteiger partial charge in [-0.05, 0) is 24.1 Å². The molecule has 0 spiro atoms. The van der Waals surface area contributed by atoms with Gasteiger partial charge in [-0.3, -0.25) is 4.79 Å². The molecule has 1 saturated heterocycles. The molecule has 3 aromatic heterocycles. The summed E-state index contributed by atoms with van der Waals surface area (Å²) in [6, 6.07) is 5.38. The smallest absolute Gasteiger partial charge is 0.258 e. The van der Waals surface area contributed by atoms with Crippen LogP contribution in [0.3, 0.4) is 0 Å². The second-order valence-corrected chi connectivity index (χ2v) is 8.00. The first-order valence-corrected chi connectivity index (χ1v) is 10.5. The van der Waals surface area contributed by atoms with Crippen molar-refractivity contribution in [2.45, 2.75) is 31.9 Å². The number of amides is 1. The minimum absolute atomic E-state index is 0.0364. The fourth-order valence-electron chi connectivity index (χ4n) is 4.15. The number of likely N-dealkylation sites (N-methyl/N-ethyl adjacent to an activating group) is 1. The van der Waals surface area contributed by atoms with E-state index in [1.807, 2.05) is 6.07 Å². The van der Waals surface area contributed by atoms with Crippen molar-refractivity contribution in [2.75, 3.05) is 26.0 Å². The third-order valence-corrected chi connectivity index (χ3v) is 5.79. The van der Waals surface area contributed by atoms with Gasteiger partial charge in [-0.2, -0.15) is 9.97 Å². The SMILES string of the molecule is COc1nc(NC2CCC(=O)N(C)C2)nc2[nH]cc(-c3ccc4nnn(CC(F)F)c4c3)c12. The Morgan fingerprint density at radius 3 is 2.94 bits per heavy atom. The number of halogens is 2. The third kappa shape index (κ3) is 3.92. The number of alkyl halides is 2. The highest BCUT2D eigenvalue weighted by molar-refractivity contribution is 5.99. The van der Waals surface area contributed by atoms with Crippen molar-refractivity contribution in [1.29, 1.82) is 0 Å². The van der Waals surface area contributed by atoms with Crippen molar-refractivity contribution in [3.63, 3.8) is 0 Å². The standard InChI is InChI=1S/C21H22F2N8O2/c1-30-9-12(4-6-17(30)32)25-21-26-19-18(20(27-21)33-2)13(8-24-19)11-3-5-14-15(7-11)31(29-28-14)10-16(22)23/h3,5,7-8,12,16H,4,6,9-10H2,1-2H3,(H2,24,25,26,27). The molecular formula is C21H22F2N8O2. The Labute approximate surface area is 186 Å². The van der Waals surface area contributed by atoms with E-state index in [-0.39, 0.29) is 11.9 Å². The normalized spacial score (nSPS) is 16.8. The van der Waals surface area contributed by atoms with Crippen LogP contribution in [0.25, 0.3) is 33.2 Å². The molecule has 4 heterocycles. The summed E-state index contributed by atoms with van der Waals surface area (Å²) in [5.41, 5.74) is 3.14. The highest BCUT2D eigenvalue weighted by Gasteiger charge is 2.24. The summed E-state index contributed by atoms with van der Waals surface area (Å²) in [4.78, 5) is 25.7. The maximum absolute atomic E-state index is 12.9. The zero-order valence-electron chi connectivity index (χ0n) is 18.0. The number of carbonyl (C=O) groups excluding carboxylic acids is 1. The molecule has 1 atom stereocenters. The Balaban J connectivity index is 1.51. The molecular weight excluding hydrogens is 434 g/mol. The second kappa shape index (κ2) is 8.26. The highest BCUT2D eigenvalue weighted by Crippen LogP contribution is 2.35. The number of aromatic nitrogens is 6. The summed E-state index contributed by atoms with van der Waals surface area (Å²) < 4.78 is 32.6. The average molecular weight is 456 g/mol.